The molecule has 0 aromatic heterocycles. The van der Waals surface area contributed by atoms with Gasteiger partial charge in [0.15, 0.2) is 0 Å². The second-order valence-corrected chi connectivity index (χ2v) is 1.85. The molecular formula is C6H7FSZn. The summed E-state index contributed by atoms with van der Waals surface area (Å²) < 4.78 is 0. The average molecular weight is 196 g/mol. The van der Waals surface area contributed by atoms with Crippen LogP contribution in [0.2, 0.25) is 0 Å². The van der Waals surface area contributed by atoms with Gasteiger partial charge in [-0.15, -0.1) is 12.6 Å². The normalized spacial score (nSPS) is 6.78. The van der Waals surface area contributed by atoms with Crippen molar-refractivity contribution in [2.24, 2.45) is 0 Å². The minimum atomic E-state index is 0. The van der Waals surface area contributed by atoms with E-state index in [0.717, 1.165) is 4.90 Å². The van der Waals surface area contributed by atoms with Crippen LogP contribution in [0.5, 0.6) is 0 Å². The molecule has 0 bridgehead atoms. The Labute approximate surface area is 72.2 Å². The van der Waals surface area contributed by atoms with Crippen LogP contribution in [0.15, 0.2) is 35.2 Å². The van der Waals surface area contributed by atoms with Crippen LogP contribution in [0.3, 0.4) is 0 Å². The number of hydrogen-bond donors (Lipinski definition) is 1. The molecule has 9 heavy (non-hydrogen) atoms. The van der Waals surface area contributed by atoms with Crippen molar-refractivity contribution in [3.05, 3.63) is 30.3 Å². The fourth-order valence-corrected chi connectivity index (χ4v) is 0.600. The van der Waals surface area contributed by atoms with Crippen LogP contribution in [-0.4, -0.2) is 0 Å². The van der Waals surface area contributed by atoms with Crippen molar-refractivity contribution >= 4 is 12.6 Å². The zero-order valence-electron chi connectivity index (χ0n) is 4.95. The van der Waals surface area contributed by atoms with Crippen LogP contribution < -0.4 is 0 Å². The third-order valence-electron chi connectivity index (χ3n) is 0.756. The van der Waals surface area contributed by atoms with Gasteiger partial charge in [0.05, 0.1) is 0 Å². The Morgan fingerprint density at radius 1 is 1.00 bits per heavy atom. The van der Waals surface area contributed by atoms with Gasteiger partial charge in [0, 0.05) is 24.4 Å². The number of benzene rings is 1. The van der Waals surface area contributed by atoms with Crippen LogP contribution >= 0.6 is 12.6 Å². The Balaban J connectivity index is 0. The summed E-state index contributed by atoms with van der Waals surface area (Å²) >= 11 is 4.08. The summed E-state index contributed by atoms with van der Waals surface area (Å²) in [5, 5.41) is 0. The third kappa shape index (κ3) is 4.62. The van der Waals surface area contributed by atoms with E-state index < -0.39 is 0 Å². The zero-order chi connectivity index (χ0) is 5.11. The smallest absolute Gasteiger partial charge is 0.00399 e. The SMILES string of the molecule is F.Sc1ccccc1.[Zn]. The van der Waals surface area contributed by atoms with Gasteiger partial charge in [0.2, 0.25) is 0 Å². The van der Waals surface area contributed by atoms with Crippen molar-refractivity contribution in [2.45, 2.75) is 4.90 Å². The molecule has 1 aromatic rings. The van der Waals surface area contributed by atoms with Gasteiger partial charge in [-0.3, -0.25) is 4.70 Å². The van der Waals surface area contributed by atoms with E-state index in [1.807, 2.05) is 30.3 Å². The van der Waals surface area contributed by atoms with Crippen molar-refractivity contribution in [3.63, 3.8) is 0 Å². The Morgan fingerprint density at radius 3 is 1.67 bits per heavy atom. The first-order valence-electron chi connectivity index (χ1n) is 2.13. The Kier molecular flexibility index (Phi) is 8.23. The average Bonchev–Trinajstić information content (AvgIpc) is 1.69. The molecule has 0 aliphatic carbocycles. The molecule has 0 N–H and O–H groups in total. The summed E-state index contributed by atoms with van der Waals surface area (Å²) in [4.78, 5) is 1.02. The summed E-state index contributed by atoms with van der Waals surface area (Å²) in [6, 6.07) is 9.79. The fourth-order valence-electron chi connectivity index (χ4n) is 0.428. The van der Waals surface area contributed by atoms with Gasteiger partial charge in [0.1, 0.15) is 0 Å². The van der Waals surface area contributed by atoms with E-state index in [1.165, 1.54) is 0 Å². The predicted octanol–water partition coefficient (Wildman–Crippen LogP) is 2.13. The summed E-state index contributed by atoms with van der Waals surface area (Å²) in [5.41, 5.74) is 0. The van der Waals surface area contributed by atoms with E-state index >= 15 is 0 Å². The first-order chi connectivity index (χ1) is 3.39. The summed E-state index contributed by atoms with van der Waals surface area (Å²) in [7, 11) is 0. The predicted molar refractivity (Wildman–Crippen MR) is 36.2 cm³/mol. The van der Waals surface area contributed by atoms with Gasteiger partial charge in [-0.1, -0.05) is 18.2 Å². The number of thiol groups is 1. The van der Waals surface area contributed by atoms with Crippen LogP contribution in [0, 0.1) is 0 Å². The second-order valence-electron chi connectivity index (χ2n) is 1.34. The molecule has 0 spiro atoms. The molecule has 0 fully saturated rings. The molecule has 3 heteroatoms. The molecule has 0 nitrogen and oxygen atoms in total. The van der Waals surface area contributed by atoms with E-state index in [0.29, 0.717) is 0 Å². The molecule has 0 aliphatic rings. The number of hydrogen-bond acceptors (Lipinski definition) is 1. The van der Waals surface area contributed by atoms with Crippen LogP contribution in [-0.2, 0) is 19.5 Å². The molecule has 0 atom stereocenters. The summed E-state index contributed by atoms with van der Waals surface area (Å²) in [6.45, 7) is 0. The molecule has 0 amide bonds. The van der Waals surface area contributed by atoms with Crippen LogP contribution in [0.4, 0.5) is 4.70 Å². The molecule has 1 rings (SSSR count). The van der Waals surface area contributed by atoms with Gasteiger partial charge in [-0.2, -0.15) is 0 Å². The second kappa shape index (κ2) is 6.25. The first kappa shape index (κ1) is 11.9. The molecular weight excluding hydrogens is 189 g/mol. The van der Waals surface area contributed by atoms with Gasteiger partial charge < -0.3 is 0 Å². The minimum Gasteiger partial charge on any atom is -0.269 e. The Bertz CT molecular complexity index is 143. The van der Waals surface area contributed by atoms with Gasteiger partial charge >= 0.3 is 0 Å². The van der Waals surface area contributed by atoms with E-state index in [2.05, 4.69) is 12.6 Å². The minimum absolute atomic E-state index is 0. The Hall–Kier alpha value is 0.123. The zero-order valence-corrected chi connectivity index (χ0v) is 8.81. The monoisotopic (exact) mass is 194 g/mol. The van der Waals surface area contributed by atoms with Crippen LogP contribution in [0.1, 0.15) is 0 Å². The number of halogens is 1. The topological polar surface area (TPSA) is 0 Å². The van der Waals surface area contributed by atoms with Gasteiger partial charge in [0.25, 0.3) is 0 Å². The maximum Gasteiger partial charge on any atom is 0.00399 e. The van der Waals surface area contributed by atoms with E-state index in [4.69, 9.17) is 0 Å². The molecule has 0 aliphatic heterocycles. The van der Waals surface area contributed by atoms with Crippen LogP contribution in [0.25, 0.3) is 0 Å². The first-order valence-corrected chi connectivity index (χ1v) is 2.58. The standard InChI is InChI=1S/C6H6S.FH.Zn/c7-6-4-2-1-3-5-6;;/h1-5,7H;1H;. The molecule has 1 aromatic carbocycles. The quantitative estimate of drug-likeness (QED) is 0.476. The van der Waals surface area contributed by atoms with Crippen molar-refractivity contribution in [2.75, 3.05) is 0 Å². The fraction of sp³-hybridized carbons (Fsp3) is 0. The maximum absolute atomic E-state index is 4.08. The Morgan fingerprint density at radius 2 is 1.44 bits per heavy atom. The molecule has 0 heterocycles. The molecule has 0 unspecified atom stereocenters. The van der Waals surface area contributed by atoms with Gasteiger partial charge in [-0.05, 0) is 12.1 Å². The van der Waals surface area contributed by atoms with Crippen molar-refractivity contribution < 1.29 is 24.2 Å². The molecule has 0 saturated carbocycles. The summed E-state index contributed by atoms with van der Waals surface area (Å²) in [5.74, 6) is 0. The van der Waals surface area contributed by atoms with E-state index in [-0.39, 0.29) is 24.2 Å². The van der Waals surface area contributed by atoms with E-state index in [1.54, 1.807) is 0 Å². The van der Waals surface area contributed by atoms with Gasteiger partial charge in [-0.25, -0.2) is 0 Å². The van der Waals surface area contributed by atoms with Crippen molar-refractivity contribution in [1.82, 2.24) is 0 Å². The van der Waals surface area contributed by atoms with Crippen molar-refractivity contribution in [1.29, 1.82) is 0 Å². The third-order valence-corrected chi connectivity index (χ3v) is 1.05. The molecule has 46 valence electrons. The molecule has 0 saturated heterocycles. The van der Waals surface area contributed by atoms with Crippen molar-refractivity contribution in [3.8, 4) is 0 Å². The summed E-state index contributed by atoms with van der Waals surface area (Å²) in [6.07, 6.45) is 0. The molecule has 0 radical (unpaired) electrons. The largest absolute Gasteiger partial charge is 0.269 e. The maximum atomic E-state index is 4.08. The number of rotatable bonds is 0. The van der Waals surface area contributed by atoms with E-state index in [9.17, 15) is 0 Å².